The van der Waals surface area contributed by atoms with Gasteiger partial charge < -0.3 is 0 Å². The van der Waals surface area contributed by atoms with Crippen LogP contribution in [0.4, 0.5) is 0 Å². The molecular formula is C21H44. The smallest absolute Gasteiger partial charge is 0.0386 e. The van der Waals surface area contributed by atoms with Gasteiger partial charge in [0.2, 0.25) is 0 Å². The molecule has 21 heavy (non-hydrogen) atoms. The van der Waals surface area contributed by atoms with Crippen LogP contribution < -0.4 is 0 Å². The van der Waals surface area contributed by atoms with E-state index in [0.29, 0.717) is 0 Å². The zero-order valence-electron chi connectivity index (χ0n) is 16.1. The highest BCUT2D eigenvalue weighted by Crippen LogP contribution is 2.34. The third kappa shape index (κ3) is 9.59. The highest BCUT2D eigenvalue weighted by atomic mass is 14.3. The number of rotatable bonds is 14. The van der Waals surface area contributed by atoms with E-state index in [0.717, 1.165) is 23.7 Å². The van der Waals surface area contributed by atoms with Gasteiger partial charge in [-0.05, 0) is 23.7 Å². The Labute approximate surface area is 136 Å². The number of hydrogen-bond acceptors (Lipinski definition) is 0. The van der Waals surface area contributed by atoms with Crippen molar-refractivity contribution in [2.24, 2.45) is 23.7 Å². The van der Waals surface area contributed by atoms with Crippen LogP contribution in [0.1, 0.15) is 112 Å². The van der Waals surface area contributed by atoms with Crippen molar-refractivity contribution in [3.05, 3.63) is 0 Å². The van der Waals surface area contributed by atoms with Gasteiger partial charge in [0.05, 0.1) is 0 Å². The molecule has 0 saturated carbocycles. The molecule has 0 radical (unpaired) electrons. The minimum absolute atomic E-state index is 0.883. The van der Waals surface area contributed by atoms with Gasteiger partial charge in [0.25, 0.3) is 0 Å². The maximum atomic E-state index is 2.54. The molecule has 0 saturated heterocycles. The molecule has 0 spiro atoms. The fraction of sp³-hybridized carbons (Fsp3) is 1.00. The maximum absolute atomic E-state index is 2.54. The predicted octanol–water partition coefficient (Wildman–Crippen LogP) is 7.86. The van der Waals surface area contributed by atoms with Gasteiger partial charge in [-0.1, -0.05) is 112 Å². The average Bonchev–Trinajstić information content (AvgIpc) is 2.50. The molecule has 0 rings (SSSR count). The first-order chi connectivity index (χ1) is 10.1. The van der Waals surface area contributed by atoms with E-state index >= 15 is 0 Å². The lowest BCUT2D eigenvalue weighted by Crippen LogP contribution is -2.24. The van der Waals surface area contributed by atoms with E-state index in [1.165, 1.54) is 70.6 Å². The Morgan fingerprint density at radius 2 is 1.05 bits per heavy atom. The molecule has 0 heterocycles. The van der Waals surface area contributed by atoms with Gasteiger partial charge in [-0.25, -0.2) is 0 Å². The summed E-state index contributed by atoms with van der Waals surface area (Å²) in [7, 11) is 0. The molecule has 0 aliphatic rings. The van der Waals surface area contributed by atoms with Crippen LogP contribution in [0.15, 0.2) is 0 Å². The zero-order chi connectivity index (χ0) is 16.1. The third-order valence-electron chi connectivity index (χ3n) is 5.97. The molecule has 0 N–H and O–H groups in total. The second-order valence-electron chi connectivity index (χ2n) is 7.56. The molecule has 0 aliphatic carbocycles. The van der Waals surface area contributed by atoms with Crippen LogP contribution in [-0.2, 0) is 0 Å². The molecule has 0 nitrogen and oxygen atoms in total. The molecule has 0 aromatic heterocycles. The largest absolute Gasteiger partial charge is 0.0654 e. The van der Waals surface area contributed by atoms with E-state index in [4.69, 9.17) is 0 Å². The summed E-state index contributed by atoms with van der Waals surface area (Å²) < 4.78 is 0. The fourth-order valence-electron chi connectivity index (χ4n) is 3.66. The van der Waals surface area contributed by atoms with E-state index in [-0.39, 0.29) is 0 Å². The van der Waals surface area contributed by atoms with Gasteiger partial charge in [0.15, 0.2) is 0 Å². The number of hydrogen-bond donors (Lipinski definition) is 0. The van der Waals surface area contributed by atoms with Gasteiger partial charge in [-0.3, -0.25) is 0 Å². The summed E-state index contributed by atoms with van der Waals surface area (Å²) in [6.07, 6.45) is 15.7. The van der Waals surface area contributed by atoms with E-state index in [1.54, 1.807) is 0 Å². The zero-order valence-corrected chi connectivity index (χ0v) is 16.1. The summed E-state index contributed by atoms with van der Waals surface area (Å²) in [5, 5.41) is 0. The quantitative estimate of drug-likeness (QED) is 0.286. The Morgan fingerprint density at radius 1 is 0.571 bits per heavy atom. The lowest BCUT2D eigenvalue weighted by molar-refractivity contribution is 0.175. The lowest BCUT2D eigenvalue weighted by Gasteiger charge is -2.32. The Hall–Kier alpha value is 0. The van der Waals surface area contributed by atoms with Crippen molar-refractivity contribution >= 4 is 0 Å². The van der Waals surface area contributed by atoms with E-state index in [1.807, 2.05) is 0 Å². The molecule has 4 atom stereocenters. The minimum atomic E-state index is 0.883. The molecule has 0 amide bonds. The molecule has 4 unspecified atom stereocenters. The first-order valence-electron chi connectivity index (χ1n) is 10.1. The Kier molecular flexibility index (Phi) is 13.6. The predicted molar refractivity (Wildman–Crippen MR) is 98.8 cm³/mol. The molecule has 0 fully saturated rings. The molecule has 0 bridgehead atoms. The second kappa shape index (κ2) is 13.6. The third-order valence-corrected chi connectivity index (χ3v) is 5.97. The van der Waals surface area contributed by atoms with Crippen LogP contribution in [0.3, 0.4) is 0 Å². The Balaban J connectivity index is 4.28. The summed E-state index contributed by atoms with van der Waals surface area (Å²) in [5.74, 6) is 3.65. The van der Waals surface area contributed by atoms with Crippen LogP contribution in [0.25, 0.3) is 0 Å². The van der Waals surface area contributed by atoms with Crippen LogP contribution >= 0.6 is 0 Å². The van der Waals surface area contributed by atoms with Crippen molar-refractivity contribution in [1.82, 2.24) is 0 Å². The topological polar surface area (TPSA) is 0 Å². The first kappa shape index (κ1) is 21.0. The maximum Gasteiger partial charge on any atom is -0.0386 e. The van der Waals surface area contributed by atoms with E-state index in [2.05, 4.69) is 41.5 Å². The normalized spacial score (nSPS) is 17.4. The summed E-state index contributed by atoms with van der Waals surface area (Å²) >= 11 is 0. The molecule has 0 aliphatic heterocycles. The summed E-state index contributed by atoms with van der Waals surface area (Å²) in [6.45, 7) is 14.5. The van der Waals surface area contributed by atoms with Gasteiger partial charge in [-0.2, -0.15) is 0 Å². The summed E-state index contributed by atoms with van der Waals surface area (Å²) in [6, 6.07) is 0. The average molecular weight is 297 g/mol. The highest BCUT2D eigenvalue weighted by molar-refractivity contribution is 4.75. The van der Waals surface area contributed by atoms with Crippen molar-refractivity contribution in [2.75, 3.05) is 0 Å². The van der Waals surface area contributed by atoms with Crippen molar-refractivity contribution in [1.29, 1.82) is 0 Å². The van der Waals surface area contributed by atoms with Gasteiger partial charge in [-0.15, -0.1) is 0 Å². The minimum Gasteiger partial charge on any atom is -0.0654 e. The highest BCUT2D eigenvalue weighted by Gasteiger charge is 2.25. The first-order valence-corrected chi connectivity index (χ1v) is 10.1. The molecule has 0 aromatic carbocycles. The second-order valence-corrected chi connectivity index (χ2v) is 7.56. The Bertz CT molecular complexity index is 208. The number of unbranched alkanes of at least 4 members (excludes halogenated alkanes) is 6. The monoisotopic (exact) mass is 296 g/mol. The standard InChI is InChI=1S/C21H44/c1-7-10-12-13-15-17-21(16-14-11-8-2)20(6)19(5)18(4)9-3/h18-21H,7-17H2,1-6H3. The van der Waals surface area contributed by atoms with Crippen LogP contribution in [0, 0.1) is 23.7 Å². The summed E-state index contributed by atoms with van der Waals surface area (Å²) in [5.41, 5.74) is 0. The lowest BCUT2D eigenvalue weighted by atomic mass is 9.73. The summed E-state index contributed by atoms with van der Waals surface area (Å²) in [4.78, 5) is 0. The van der Waals surface area contributed by atoms with Crippen LogP contribution in [0.5, 0.6) is 0 Å². The molecular weight excluding hydrogens is 252 g/mol. The fourth-order valence-corrected chi connectivity index (χ4v) is 3.66. The van der Waals surface area contributed by atoms with Crippen molar-refractivity contribution in [2.45, 2.75) is 112 Å². The van der Waals surface area contributed by atoms with Crippen molar-refractivity contribution < 1.29 is 0 Å². The molecule has 0 heteroatoms. The van der Waals surface area contributed by atoms with Crippen LogP contribution in [-0.4, -0.2) is 0 Å². The van der Waals surface area contributed by atoms with Crippen LogP contribution in [0.2, 0.25) is 0 Å². The SMILES string of the molecule is CCCCCCCC(CCCCC)C(C)C(C)C(C)CC. The van der Waals surface area contributed by atoms with Gasteiger partial charge in [0, 0.05) is 0 Å². The molecule has 128 valence electrons. The van der Waals surface area contributed by atoms with Crippen molar-refractivity contribution in [3.63, 3.8) is 0 Å². The van der Waals surface area contributed by atoms with E-state index < -0.39 is 0 Å². The Morgan fingerprint density at radius 3 is 1.57 bits per heavy atom. The van der Waals surface area contributed by atoms with Crippen molar-refractivity contribution in [3.8, 4) is 0 Å². The van der Waals surface area contributed by atoms with Gasteiger partial charge in [0.1, 0.15) is 0 Å². The van der Waals surface area contributed by atoms with Gasteiger partial charge >= 0.3 is 0 Å². The molecule has 0 aromatic rings. The van der Waals surface area contributed by atoms with E-state index in [9.17, 15) is 0 Å².